The van der Waals surface area contributed by atoms with Crippen LogP contribution in [-0.4, -0.2) is 11.1 Å². The maximum absolute atomic E-state index is 12.2. The quantitative estimate of drug-likeness (QED) is 0.928. The zero-order chi connectivity index (χ0) is 14.0. The summed E-state index contributed by atoms with van der Waals surface area (Å²) in [6, 6.07) is 5.05. The second-order valence-electron chi connectivity index (χ2n) is 3.97. The zero-order valence-electron chi connectivity index (χ0n) is 10.5. The SMILES string of the molecule is CCc1noc(C)c1C(=O)Nc1cccc(Cl)c1Cl. The van der Waals surface area contributed by atoms with Crippen LogP contribution in [0.25, 0.3) is 0 Å². The van der Waals surface area contributed by atoms with Gasteiger partial charge in [0.05, 0.1) is 21.4 Å². The van der Waals surface area contributed by atoms with Crippen LogP contribution in [0.5, 0.6) is 0 Å². The van der Waals surface area contributed by atoms with Gasteiger partial charge in [-0.25, -0.2) is 0 Å². The standard InChI is InChI=1S/C13H12Cl2N2O2/c1-3-9-11(7(2)19-17-9)13(18)16-10-6-4-5-8(14)12(10)15/h4-6H,3H2,1-2H3,(H,16,18). The van der Waals surface area contributed by atoms with Crippen molar-refractivity contribution >= 4 is 34.8 Å². The molecule has 0 atom stereocenters. The van der Waals surface area contributed by atoms with Gasteiger partial charge in [0.2, 0.25) is 0 Å². The molecular weight excluding hydrogens is 287 g/mol. The number of amides is 1. The highest BCUT2D eigenvalue weighted by molar-refractivity contribution is 6.44. The van der Waals surface area contributed by atoms with Crippen molar-refractivity contribution in [1.82, 2.24) is 5.16 Å². The molecule has 0 aliphatic heterocycles. The average Bonchev–Trinajstić information content (AvgIpc) is 2.76. The second-order valence-corrected chi connectivity index (χ2v) is 4.75. The number of rotatable bonds is 3. The van der Waals surface area contributed by atoms with Crippen LogP contribution in [-0.2, 0) is 6.42 Å². The number of aryl methyl sites for hydroxylation is 2. The maximum Gasteiger partial charge on any atom is 0.261 e. The molecule has 1 aromatic heterocycles. The Balaban J connectivity index is 2.31. The zero-order valence-corrected chi connectivity index (χ0v) is 12.0. The summed E-state index contributed by atoms with van der Waals surface area (Å²) < 4.78 is 5.03. The molecule has 2 aromatic rings. The van der Waals surface area contributed by atoms with Gasteiger partial charge < -0.3 is 9.84 Å². The lowest BCUT2D eigenvalue weighted by Crippen LogP contribution is -2.14. The van der Waals surface area contributed by atoms with Gasteiger partial charge in [0.15, 0.2) is 0 Å². The summed E-state index contributed by atoms with van der Waals surface area (Å²) in [7, 11) is 0. The summed E-state index contributed by atoms with van der Waals surface area (Å²) in [6.07, 6.45) is 0.614. The molecule has 1 aromatic carbocycles. The molecule has 1 N–H and O–H groups in total. The molecule has 0 saturated carbocycles. The molecule has 0 aliphatic carbocycles. The number of carbonyl (C=O) groups is 1. The Labute approximate surface area is 120 Å². The van der Waals surface area contributed by atoms with Gasteiger partial charge in [-0.1, -0.05) is 41.3 Å². The highest BCUT2D eigenvalue weighted by Gasteiger charge is 2.20. The van der Waals surface area contributed by atoms with E-state index in [4.69, 9.17) is 27.7 Å². The summed E-state index contributed by atoms with van der Waals surface area (Å²) in [5.74, 6) is 0.173. The summed E-state index contributed by atoms with van der Waals surface area (Å²) in [6.45, 7) is 3.60. The fraction of sp³-hybridized carbons (Fsp3) is 0.231. The first-order chi connectivity index (χ1) is 9.04. The lowest BCUT2D eigenvalue weighted by Gasteiger charge is -2.08. The predicted octanol–water partition coefficient (Wildman–Crippen LogP) is 4.10. The van der Waals surface area contributed by atoms with Crippen LogP contribution < -0.4 is 5.32 Å². The van der Waals surface area contributed by atoms with Crippen LogP contribution in [0, 0.1) is 6.92 Å². The predicted molar refractivity (Wildman–Crippen MR) is 75.0 cm³/mol. The van der Waals surface area contributed by atoms with E-state index in [0.29, 0.717) is 39.2 Å². The van der Waals surface area contributed by atoms with E-state index in [-0.39, 0.29) is 5.91 Å². The molecule has 4 nitrogen and oxygen atoms in total. The summed E-state index contributed by atoms with van der Waals surface area (Å²) in [4.78, 5) is 12.2. The Morgan fingerprint density at radius 2 is 2.16 bits per heavy atom. The minimum atomic E-state index is -0.306. The highest BCUT2D eigenvalue weighted by atomic mass is 35.5. The van der Waals surface area contributed by atoms with Crippen molar-refractivity contribution in [3.8, 4) is 0 Å². The van der Waals surface area contributed by atoms with E-state index in [1.54, 1.807) is 25.1 Å². The third-order valence-electron chi connectivity index (χ3n) is 2.70. The Morgan fingerprint density at radius 1 is 1.42 bits per heavy atom. The van der Waals surface area contributed by atoms with Crippen LogP contribution >= 0.6 is 23.2 Å². The van der Waals surface area contributed by atoms with Gasteiger partial charge in [0.25, 0.3) is 5.91 Å². The third kappa shape index (κ3) is 2.74. The molecule has 1 amide bonds. The highest BCUT2D eigenvalue weighted by Crippen LogP contribution is 2.30. The molecule has 0 spiro atoms. The van der Waals surface area contributed by atoms with E-state index in [1.165, 1.54) is 0 Å². The number of hydrogen-bond acceptors (Lipinski definition) is 3. The van der Waals surface area contributed by atoms with E-state index in [2.05, 4.69) is 10.5 Å². The maximum atomic E-state index is 12.2. The van der Waals surface area contributed by atoms with E-state index < -0.39 is 0 Å². The minimum Gasteiger partial charge on any atom is -0.361 e. The second kappa shape index (κ2) is 5.63. The Hall–Kier alpha value is -1.52. The molecule has 2 rings (SSSR count). The largest absolute Gasteiger partial charge is 0.361 e. The van der Waals surface area contributed by atoms with Gasteiger partial charge in [-0.05, 0) is 25.5 Å². The number of nitrogens with zero attached hydrogens (tertiary/aromatic N) is 1. The van der Waals surface area contributed by atoms with Crippen molar-refractivity contribution in [2.75, 3.05) is 5.32 Å². The Kier molecular flexibility index (Phi) is 4.12. The van der Waals surface area contributed by atoms with Gasteiger partial charge in [-0.15, -0.1) is 0 Å². The van der Waals surface area contributed by atoms with Gasteiger partial charge in [-0.2, -0.15) is 0 Å². The van der Waals surface area contributed by atoms with Crippen molar-refractivity contribution in [1.29, 1.82) is 0 Å². The number of hydrogen-bond donors (Lipinski definition) is 1. The van der Waals surface area contributed by atoms with Gasteiger partial charge >= 0.3 is 0 Å². The lowest BCUT2D eigenvalue weighted by molar-refractivity contribution is 0.102. The van der Waals surface area contributed by atoms with Crippen LogP contribution in [0.1, 0.15) is 28.7 Å². The fourth-order valence-corrected chi connectivity index (χ4v) is 2.08. The number of halogens is 2. The van der Waals surface area contributed by atoms with Crippen molar-refractivity contribution in [2.24, 2.45) is 0 Å². The van der Waals surface area contributed by atoms with Gasteiger partial charge in [0.1, 0.15) is 11.3 Å². The van der Waals surface area contributed by atoms with Crippen molar-refractivity contribution in [3.05, 3.63) is 45.3 Å². The average molecular weight is 299 g/mol. The Bertz CT molecular complexity index is 623. The molecule has 0 saturated heterocycles. The molecular formula is C13H12Cl2N2O2. The van der Waals surface area contributed by atoms with E-state index >= 15 is 0 Å². The first-order valence-electron chi connectivity index (χ1n) is 5.75. The first-order valence-corrected chi connectivity index (χ1v) is 6.50. The van der Waals surface area contributed by atoms with Gasteiger partial charge in [-0.3, -0.25) is 4.79 Å². The lowest BCUT2D eigenvalue weighted by atomic mass is 10.1. The smallest absolute Gasteiger partial charge is 0.261 e. The molecule has 1 heterocycles. The monoisotopic (exact) mass is 298 g/mol. The first kappa shape index (κ1) is 13.9. The number of aromatic nitrogens is 1. The van der Waals surface area contributed by atoms with Crippen LogP contribution in [0.4, 0.5) is 5.69 Å². The number of nitrogens with one attached hydrogen (secondary N) is 1. The van der Waals surface area contributed by atoms with Crippen LogP contribution in [0.15, 0.2) is 22.7 Å². The van der Waals surface area contributed by atoms with Gasteiger partial charge in [0, 0.05) is 0 Å². The summed E-state index contributed by atoms with van der Waals surface area (Å²) >= 11 is 11.9. The normalized spacial score (nSPS) is 10.5. The van der Waals surface area contributed by atoms with Crippen molar-refractivity contribution in [2.45, 2.75) is 20.3 Å². The molecule has 0 unspecified atom stereocenters. The number of carbonyl (C=O) groups excluding carboxylic acids is 1. The number of benzene rings is 1. The third-order valence-corrected chi connectivity index (χ3v) is 3.51. The van der Waals surface area contributed by atoms with Crippen LogP contribution in [0.2, 0.25) is 10.0 Å². The van der Waals surface area contributed by atoms with E-state index in [9.17, 15) is 4.79 Å². The molecule has 0 bridgehead atoms. The van der Waals surface area contributed by atoms with Crippen molar-refractivity contribution < 1.29 is 9.32 Å². The topological polar surface area (TPSA) is 55.1 Å². The Morgan fingerprint density at radius 3 is 2.84 bits per heavy atom. The summed E-state index contributed by atoms with van der Waals surface area (Å²) in [5, 5.41) is 7.25. The van der Waals surface area contributed by atoms with E-state index in [0.717, 1.165) is 0 Å². The number of anilines is 1. The molecule has 6 heteroatoms. The van der Waals surface area contributed by atoms with E-state index in [1.807, 2.05) is 6.92 Å². The molecule has 0 fully saturated rings. The molecule has 100 valence electrons. The molecule has 0 aliphatic rings. The van der Waals surface area contributed by atoms with Crippen molar-refractivity contribution in [3.63, 3.8) is 0 Å². The molecule has 19 heavy (non-hydrogen) atoms. The summed E-state index contributed by atoms with van der Waals surface area (Å²) in [5.41, 5.74) is 1.52. The minimum absolute atomic E-state index is 0.306. The molecule has 0 radical (unpaired) electrons. The van der Waals surface area contributed by atoms with Crippen LogP contribution in [0.3, 0.4) is 0 Å². The fourth-order valence-electron chi connectivity index (χ4n) is 1.74.